The first-order valence-corrected chi connectivity index (χ1v) is 9.52. The van der Waals surface area contributed by atoms with E-state index in [4.69, 9.17) is 4.74 Å². The van der Waals surface area contributed by atoms with Crippen molar-refractivity contribution < 1.29 is 14.3 Å². The third-order valence-corrected chi connectivity index (χ3v) is 5.10. The number of carbonyl (C=O) groups is 2. The predicted octanol–water partition coefficient (Wildman–Crippen LogP) is 3.69. The van der Waals surface area contributed by atoms with Gasteiger partial charge in [-0.3, -0.25) is 9.59 Å². The molecule has 0 spiro atoms. The van der Waals surface area contributed by atoms with E-state index in [0.29, 0.717) is 23.1 Å². The largest absolute Gasteiger partial charge is 0.454 e. The van der Waals surface area contributed by atoms with Crippen molar-refractivity contribution in [2.24, 2.45) is 0 Å². The molecule has 0 aliphatic heterocycles. The van der Waals surface area contributed by atoms with E-state index in [1.165, 1.54) is 6.20 Å². The first kappa shape index (κ1) is 20.5. The van der Waals surface area contributed by atoms with E-state index < -0.39 is 18.0 Å². The summed E-state index contributed by atoms with van der Waals surface area (Å²) in [5.74, 6) is -1.11. The number of hydrogen-bond acceptors (Lipinski definition) is 5. The summed E-state index contributed by atoms with van der Waals surface area (Å²) in [5.41, 5.74) is 4.19. The van der Waals surface area contributed by atoms with E-state index in [1.807, 2.05) is 40.7 Å². The van der Waals surface area contributed by atoms with Crippen LogP contribution in [0.15, 0.2) is 35.3 Å². The van der Waals surface area contributed by atoms with Gasteiger partial charge in [-0.2, -0.15) is 0 Å². The topological polar surface area (TPSA) is 78.3 Å². The number of aromatic nitrogens is 2. The Morgan fingerprint density at radius 2 is 1.69 bits per heavy atom. The van der Waals surface area contributed by atoms with Crippen LogP contribution < -0.4 is 5.43 Å². The normalized spacial score (nSPS) is 10.9. The van der Waals surface area contributed by atoms with Gasteiger partial charge in [0.25, 0.3) is 0 Å². The first-order valence-electron chi connectivity index (χ1n) is 9.52. The second-order valence-corrected chi connectivity index (χ2v) is 7.23. The van der Waals surface area contributed by atoms with Gasteiger partial charge in [0.05, 0.1) is 5.39 Å². The molecule has 0 amide bonds. The molecule has 29 heavy (non-hydrogen) atoms. The molecule has 3 rings (SSSR count). The van der Waals surface area contributed by atoms with Crippen LogP contribution in [-0.4, -0.2) is 27.9 Å². The van der Waals surface area contributed by atoms with Gasteiger partial charge in [0.2, 0.25) is 11.2 Å². The molecule has 3 aromatic rings. The van der Waals surface area contributed by atoms with Crippen LogP contribution in [0, 0.1) is 27.7 Å². The van der Waals surface area contributed by atoms with Crippen molar-refractivity contribution in [1.29, 1.82) is 0 Å². The monoisotopic (exact) mass is 392 g/mol. The Morgan fingerprint density at radius 3 is 2.38 bits per heavy atom. The summed E-state index contributed by atoms with van der Waals surface area (Å²) in [7, 11) is 0. The van der Waals surface area contributed by atoms with Gasteiger partial charge in [0.15, 0.2) is 6.61 Å². The summed E-state index contributed by atoms with van der Waals surface area (Å²) in [6.07, 6.45) is 1.45. The maximum Gasteiger partial charge on any atom is 0.344 e. The summed E-state index contributed by atoms with van der Waals surface area (Å²) < 4.78 is 6.93. The minimum absolute atomic E-state index is 0.102. The lowest BCUT2D eigenvalue weighted by Gasteiger charge is -2.12. The van der Waals surface area contributed by atoms with Crippen molar-refractivity contribution in [3.8, 4) is 0 Å². The zero-order chi connectivity index (χ0) is 21.3. The van der Waals surface area contributed by atoms with E-state index in [9.17, 15) is 14.4 Å². The van der Waals surface area contributed by atoms with Gasteiger partial charge in [-0.25, -0.2) is 9.78 Å². The molecule has 0 unspecified atom stereocenters. The molecule has 6 heteroatoms. The van der Waals surface area contributed by atoms with E-state index in [1.54, 1.807) is 22.8 Å². The Morgan fingerprint density at radius 1 is 1.00 bits per heavy atom. The third-order valence-electron chi connectivity index (χ3n) is 5.10. The first-order chi connectivity index (χ1) is 13.7. The summed E-state index contributed by atoms with van der Waals surface area (Å²) in [5, 5.41) is 0.350. The van der Waals surface area contributed by atoms with Crippen LogP contribution in [0.2, 0.25) is 0 Å². The van der Waals surface area contributed by atoms with Crippen molar-refractivity contribution in [3.05, 3.63) is 74.2 Å². The van der Waals surface area contributed by atoms with Crippen molar-refractivity contribution >= 4 is 22.8 Å². The quantitative estimate of drug-likeness (QED) is 0.489. The van der Waals surface area contributed by atoms with E-state index in [0.717, 1.165) is 22.4 Å². The van der Waals surface area contributed by atoms with Gasteiger partial charge < -0.3 is 9.30 Å². The number of ether oxygens (including phenoxy) is 1. The fourth-order valence-electron chi connectivity index (χ4n) is 3.29. The molecule has 2 aromatic heterocycles. The van der Waals surface area contributed by atoms with Gasteiger partial charge in [-0.05, 0) is 69.5 Å². The molecule has 0 aliphatic carbocycles. The second-order valence-electron chi connectivity index (χ2n) is 7.23. The Labute approximate surface area is 169 Å². The number of carbonyl (C=O) groups excluding carboxylic acids is 2. The molecule has 2 heterocycles. The smallest absolute Gasteiger partial charge is 0.344 e. The average molecular weight is 392 g/mol. The predicted molar refractivity (Wildman–Crippen MR) is 112 cm³/mol. The summed E-state index contributed by atoms with van der Waals surface area (Å²) in [4.78, 5) is 42.3. The number of rotatable bonds is 5. The molecule has 0 atom stereocenters. The molecular weight excluding hydrogens is 368 g/mol. The third kappa shape index (κ3) is 3.97. The van der Waals surface area contributed by atoms with Crippen LogP contribution in [0.1, 0.15) is 50.0 Å². The lowest BCUT2D eigenvalue weighted by atomic mass is 9.98. The van der Waals surface area contributed by atoms with Gasteiger partial charge in [-0.1, -0.05) is 6.07 Å². The molecule has 0 N–H and O–H groups in total. The highest BCUT2D eigenvalue weighted by Gasteiger charge is 2.19. The average Bonchev–Trinajstić information content (AvgIpc) is 2.68. The molecule has 0 aliphatic rings. The molecule has 6 nitrogen and oxygen atoms in total. The zero-order valence-electron chi connectivity index (χ0n) is 17.3. The molecule has 0 bridgehead atoms. The number of hydrogen-bond donors (Lipinski definition) is 0. The number of nitrogens with zero attached hydrogens (tertiary/aromatic N) is 2. The minimum atomic E-state index is -0.811. The van der Waals surface area contributed by atoms with Crippen LogP contribution in [0.4, 0.5) is 0 Å². The van der Waals surface area contributed by atoms with Crippen LogP contribution in [0.5, 0.6) is 0 Å². The highest BCUT2D eigenvalue weighted by atomic mass is 16.5. The van der Waals surface area contributed by atoms with Gasteiger partial charge in [0.1, 0.15) is 11.2 Å². The van der Waals surface area contributed by atoms with Crippen LogP contribution >= 0.6 is 0 Å². The Bertz CT molecular complexity index is 1190. The lowest BCUT2D eigenvalue weighted by Crippen LogP contribution is -2.23. The Kier molecular flexibility index (Phi) is 5.64. The standard InChI is InChI=1S/C23H24N2O4/c1-6-25-11-19(21(27)17-8-7-16(5)24-22(17)25)23(28)29-12-20(26)18-10-14(3)13(2)9-15(18)4/h7-11H,6,12H2,1-5H3. The van der Waals surface area contributed by atoms with Crippen molar-refractivity contribution in [3.63, 3.8) is 0 Å². The summed E-state index contributed by atoms with van der Waals surface area (Å²) in [6.45, 7) is 9.61. The van der Waals surface area contributed by atoms with Crippen LogP contribution in [0.25, 0.3) is 11.0 Å². The SMILES string of the molecule is CCn1cc(C(=O)OCC(=O)c2cc(C)c(C)cc2C)c(=O)c2ccc(C)nc21. The second kappa shape index (κ2) is 7.99. The molecule has 0 saturated heterocycles. The van der Waals surface area contributed by atoms with Crippen molar-refractivity contribution in [2.45, 2.75) is 41.2 Å². The molecule has 0 radical (unpaired) electrons. The number of aryl methyl sites for hydroxylation is 5. The van der Waals surface area contributed by atoms with Crippen LogP contribution in [0.3, 0.4) is 0 Å². The van der Waals surface area contributed by atoms with E-state index in [-0.39, 0.29) is 11.3 Å². The molecule has 150 valence electrons. The van der Waals surface area contributed by atoms with Gasteiger partial charge >= 0.3 is 5.97 Å². The zero-order valence-corrected chi connectivity index (χ0v) is 17.3. The highest BCUT2D eigenvalue weighted by molar-refractivity contribution is 6.01. The van der Waals surface area contributed by atoms with E-state index in [2.05, 4.69) is 4.98 Å². The molecule has 1 aromatic carbocycles. The number of benzene rings is 1. The molecule has 0 saturated carbocycles. The maximum atomic E-state index is 12.8. The summed E-state index contributed by atoms with van der Waals surface area (Å²) in [6, 6.07) is 7.12. The van der Waals surface area contributed by atoms with Crippen molar-refractivity contribution in [1.82, 2.24) is 9.55 Å². The van der Waals surface area contributed by atoms with E-state index >= 15 is 0 Å². The maximum absolute atomic E-state index is 12.8. The molecular formula is C23H24N2O4. The minimum Gasteiger partial charge on any atom is -0.454 e. The Balaban J connectivity index is 1.88. The lowest BCUT2D eigenvalue weighted by molar-refractivity contribution is 0.0472. The number of esters is 1. The number of Topliss-reactive ketones (excluding diaryl/α,β-unsaturated/α-hetero) is 1. The van der Waals surface area contributed by atoms with Gasteiger partial charge in [0, 0.05) is 24.0 Å². The van der Waals surface area contributed by atoms with Crippen molar-refractivity contribution in [2.75, 3.05) is 6.61 Å². The highest BCUT2D eigenvalue weighted by Crippen LogP contribution is 2.16. The fraction of sp³-hybridized carbons (Fsp3) is 0.304. The fourth-order valence-corrected chi connectivity index (χ4v) is 3.29. The van der Waals surface area contributed by atoms with Crippen LogP contribution in [-0.2, 0) is 11.3 Å². The number of pyridine rings is 2. The Hall–Kier alpha value is -3.28. The van der Waals surface area contributed by atoms with Gasteiger partial charge in [-0.15, -0.1) is 0 Å². The number of ketones is 1. The molecule has 0 fully saturated rings. The number of fused-ring (bicyclic) bond motifs is 1. The summed E-state index contributed by atoms with van der Waals surface area (Å²) >= 11 is 0.